The molecule has 0 radical (unpaired) electrons. The normalized spacial score (nSPS) is 14.4. The molecule has 0 atom stereocenters. The fraction of sp³-hybridized carbons (Fsp3) is 0.300. The van der Waals surface area contributed by atoms with Crippen LogP contribution in [0.1, 0.15) is 19.4 Å². The van der Waals surface area contributed by atoms with Gasteiger partial charge in [-0.3, -0.25) is 0 Å². The number of para-hydroxylation sites is 1. The second kappa shape index (κ2) is 6.58. The van der Waals surface area contributed by atoms with Gasteiger partial charge in [0.05, 0.1) is 4.90 Å². The molecule has 27 heavy (non-hydrogen) atoms. The molecule has 0 saturated heterocycles. The Balaban J connectivity index is 1.56. The van der Waals surface area contributed by atoms with E-state index in [2.05, 4.69) is 9.71 Å². The van der Waals surface area contributed by atoms with E-state index in [0.29, 0.717) is 24.7 Å². The lowest BCUT2D eigenvalue weighted by Crippen LogP contribution is -2.36. The van der Waals surface area contributed by atoms with Gasteiger partial charge in [-0.05, 0) is 23.8 Å². The van der Waals surface area contributed by atoms with Crippen molar-refractivity contribution in [1.82, 2.24) is 9.71 Å². The summed E-state index contributed by atoms with van der Waals surface area (Å²) in [6.45, 7) is 5.20. The van der Waals surface area contributed by atoms with Crippen LogP contribution in [0.4, 0.5) is 0 Å². The molecule has 142 valence electrons. The molecule has 7 heteroatoms. The topological polar surface area (TPSA) is 80.4 Å². The summed E-state index contributed by atoms with van der Waals surface area (Å²) in [5, 5.41) is 1.10. The number of sulfonamides is 1. The van der Waals surface area contributed by atoms with Crippen molar-refractivity contribution in [3.63, 3.8) is 0 Å². The highest BCUT2D eigenvalue weighted by molar-refractivity contribution is 7.89. The molecular weight excluding hydrogens is 364 g/mol. The number of ether oxygens (including phenoxy) is 2. The molecule has 0 saturated carbocycles. The summed E-state index contributed by atoms with van der Waals surface area (Å²) in [6.07, 6.45) is 1.95. The number of hydrogen-bond acceptors (Lipinski definition) is 4. The molecular formula is C20H22N2O4S. The highest BCUT2D eigenvalue weighted by Crippen LogP contribution is 2.33. The van der Waals surface area contributed by atoms with Crippen LogP contribution in [0.25, 0.3) is 10.9 Å². The van der Waals surface area contributed by atoms with E-state index in [1.54, 1.807) is 6.07 Å². The van der Waals surface area contributed by atoms with Gasteiger partial charge in [-0.25, -0.2) is 13.1 Å². The van der Waals surface area contributed by atoms with Gasteiger partial charge in [0.25, 0.3) is 0 Å². The molecule has 0 amide bonds. The molecule has 0 bridgehead atoms. The van der Waals surface area contributed by atoms with E-state index < -0.39 is 10.0 Å². The highest BCUT2D eigenvalue weighted by atomic mass is 32.2. The van der Waals surface area contributed by atoms with Gasteiger partial charge in [-0.2, -0.15) is 0 Å². The van der Waals surface area contributed by atoms with Gasteiger partial charge < -0.3 is 14.5 Å². The second-order valence-corrected chi connectivity index (χ2v) is 9.03. The molecule has 1 aromatic heterocycles. The largest absolute Gasteiger partial charge is 0.486 e. The van der Waals surface area contributed by atoms with E-state index in [1.807, 2.05) is 44.3 Å². The molecule has 6 nitrogen and oxygen atoms in total. The van der Waals surface area contributed by atoms with Crippen molar-refractivity contribution >= 4 is 20.9 Å². The van der Waals surface area contributed by atoms with E-state index in [0.717, 1.165) is 16.5 Å². The lowest BCUT2D eigenvalue weighted by Gasteiger charge is -2.25. The third-order valence-electron chi connectivity index (χ3n) is 4.85. The Morgan fingerprint density at radius 3 is 2.63 bits per heavy atom. The van der Waals surface area contributed by atoms with Crippen LogP contribution >= 0.6 is 0 Å². The van der Waals surface area contributed by atoms with Gasteiger partial charge in [0.2, 0.25) is 10.0 Å². The third-order valence-corrected chi connectivity index (χ3v) is 6.25. The van der Waals surface area contributed by atoms with Crippen molar-refractivity contribution in [2.24, 2.45) is 0 Å². The van der Waals surface area contributed by atoms with Gasteiger partial charge in [-0.1, -0.05) is 32.0 Å². The molecule has 2 N–H and O–H groups in total. The van der Waals surface area contributed by atoms with Crippen LogP contribution in [0.3, 0.4) is 0 Å². The first-order valence-electron chi connectivity index (χ1n) is 8.83. The van der Waals surface area contributed by atoms with Gasteiger partial charge in [0, 0.05) is 35.1 Å². The van der Waals surface area contributed by atoms with E-state index in [9.17, 15) is 8.42 Å². The first kappa shape index (κ1) is 17.9. The molecule has 0 unspecified atom stereocenters. The summed E-state index contributed by atoms with van der Waals surface area (Å²) >= 11 is 0. The minimum atomic E-state index is -3.67. The number of hydrogen-bond donors (Lipinski definition) is 2. The van der Waals surface area contributed by atoms with Crippen LogP contribution in [-0.4, -0.2) is 33.2 Å². The minimum absolute atomic E-state index is 0.168. The zero-order chi connectivity index (χ0) is 19.1. The van der Waals surface area contributed by atoms with Crippen LogP contribution in [0.2, 0.25) is 0 Å². The number of nitrogens with one attached hydrogen (secondary N) is 2. The van der Waals surface area contributed by atoms with Crippen molar-refractivity contribution in [2.45, 2.75) is 24.2 Å². The van der Waals surface area contributed by atoms with E-state index in [1.165, 1.54) is 12.1 Å². The Bertz CT molecular complexity index is 1090. The highest BCUT2D eigenvalue weighted by Gasteiger charge is 2.27. The maximum absolute atomic E-state index is 12.8. The van der Waals surface area contributed by atoms with E-state index in [4.69, 9.17) is 9.47 Å². The Hall–Kier alpha value is -2.51. The summed E-state index contributed by atoms with van der Waals surface area (Å²) in [7, 11) is -3.67. The molecule has 0 fully saturated rings. The molecule has 4 rings (SSSR count). The zero-order valence-corrected chi connectivity index (χ0v) is 16.1. The number of aromatic nitrogens is 1. The summed E-state index contributed by atoms with van der Waals surface area (Å²) in [5.74, 6) is 1.03. The first-order valence-corrected chi connectivity index (χ1v) is 10.3. The predicted octanol–water partition coefficient (Wildman–Crippen LogP) is 3.20. The monoisotopic (exact) mass is 386 g/mol. The van der Waals surface area contributed by atoms with Crippen LogP contribution in [0, 0.1) is 0 Å². The first-order chi connectivity index (χ1) is 12.9. The SMILES string of the molecule is CC(C)(CNS(=O)(=O)c1ccc2c(c1)OCCO2)c1c[nH]c2ccccc12. The molecule has 1 aliphatic rings. The Morgan fingerprint density at radius 1 is 1.07 bits per heavy atom. The number of rotatable bonds is 5. The fourth-order valence-electron chi connectivity index (χ4n) is 3.28. The summed E-state index contributed by atoms with van der Waals surface area (Å²) < 4.78 is 39.2. The van der Waals surface area contributed by atoms with Crippen LogP contribution in [-0.2, 0) is 15.4 Å². The molecule has 1 aliphatic heterocycles. The average molecular weight is 386 g/mol. The molecule has 0 spiro atoms. The molecule has 3 aromatic rings. The maximum Gasteiger partial charge on any atom is 0.240 e. The number of aromatic amines is 1. The quantitative estimate of drug-likeness (QED) is 0.706. The summed E-state index contributed by atoms with van der Waals surface area (Å²) in [6, 6.07) is 12.7. The zero-order valence-electron chi connectivity index (χ0n) is 15.3. The second-order valence-electron chi connectivity index (χ2n) is 7.26. The lowest BCUT2D eigenvalue weighted by molar-refractivity contribution is 0.171. The molecule has 0 aliphatic carbocycles. The Kier molecular flexibility index (Phi) is 4.36. The molecule has 2 aromatic carbocycles. The Morgan fingerprint density at radius 2 is 1.81 bits per heavy atom. The fourth-order valence-corrected chi connectivity index (χ4v) is 4.50. The Labute approximate surface area is 158 Å². The minimum Gasteiger partial charge on any atom is -0.486 e. The average Bonchev–Trinajstić information content (AvgIpc) is 3.11. The van der Waals surface area contributed by atoms with Crippen molar-refractivity contribution in [3.8, 4) is 11.5 Å². The number of fused-ring (bicyclic) bond motifs is 2. The van der Waals surface area contributed by atoms with Gasteiger partial charge in [-0.15, -0.1) is 0 Å². The van der Waals surface area contributed by atoms with Crippen molar-refractivity contribution < 1.29 is 17.9 Å². The summed E-state index contributed by atoms with van der Waals surface area (Å²) in [4.78, 5) is 3.42. The molecule has 2 heterocycles. The van der Waals surface area contributed by atoms with Crippen molar-refractivity contribution in [3.05, 3.63) is 54.2 Å². The lowest BCUT2D eigenvalue weighted by atomic mass is 9.85. The number of benzene rings is 2. The van der Waals surface area contributed by atoms with Crippen LogP contribution in [0.5, 0.6) is 11.5 Å². The predicted molar refractivity (Wildman–Crippen MR) is 104 cm³/mol. The standard InChI is InChI=1S/C20H22N2O4S/c1-20(2,16-12-21-17-6-4-3-5-15(16)17)13-22-27(23,24)14-7-8-18-19(11-14)26-10-9-25-18/h3-8,11-12,21-22H,9-10,13H2,1-2H3. The van der Waals surface area contributed by atoms with Gasteiger partial charge in [0.1, 0.15) is 13.2 Å². The van der Waals surface area contributed by atoms with E-state index in [-0.39, 0.29) is 16.9 Å². The third kappa shape index (κ3) is 3.40. The number of H-pyrrole nitrogens is 1. The van der Waals surface area contributed by atoms with Gasteiger partial charge in [0.15, 0.2) is 11.5 Å². The van der Waals surface area contributed by atoms with Crippen molar-refractivity contribution in [1.29, 1.82) is 0 Å². The van der Waals surface area contributed by atoms with Crippen LogP contribution in [0.15, 0.2) is 53.6 Å². The summed E-state index contributed by atoms with van der Waals surface area (Å²) in [5.41, 5.74) is 1.72. The van der Waals surface area contributed by atoms with Crippen LogP contribution < -0.4 is 14.2 Å². The van der Waals surface area contributed by atoms with Gasteiger partial charge >= 0.3 is 0 Å². The van der Waals surface area contributed by atoms with E-state index >= 15 is 0 Å². The smallest absolute Gasteiger partial charge is 0.240 e. The van der Waals surface area contributed by atoms with Crippen molar-refractivity contribution in [2.75, 3.05) is 19.8 Å². The maximum atomic E-state index is 12.8.